The molecule has 0 spiro atoms. The normalized spacial score (nSPS) is 11.5. The van der Waals surface area contributed by atoms with E-state index in [4.69, 9.17) is 4.98 Å². The summed E-state index contributed by atoms with van der Waals surface area (Å²) >= 11 is 1.56. The summed E-state index contributed by atoms with van der Waals surface area (Å²) in [5, 5.41) is 5.09. The van der Waals surface area contributed by atoms with Gasteiger partial charge in [0.05, 0.1) is 10.2 Å². The molecule has 3 rings (SSSR count). The van der Waals surface area contributed by atoms with Crippen LogP contribution in [0.15, 0.2) is 24.4 Å². The van der Waals surface area contributed by atoms with Crippen LogP contribution in [0.25, 0.3) is 10.2 Å². The molecule has 3 aromatic rings. The maximum atomic E-state index is 13.2. The molecule has 0 aliphatic rings. The van der Waals surface area contributed by atoms with E-state index in [0.717, 1.165) is 33.9 Å². The van der Waals surface area contributed by atoms with Gasteiger partial charge in [0.25, 0.3) is 5.91 Å². The topological polar surface area (TPSA) is 54.3 Å². The fraction of sp³-hybridized carbons (Fsp3) is 0.421. The number of hydrogen-bond donors (Lipinski definition) is 0. The van der Waals surface area contributed by atoms with Gasteiger partial charge in [0.1, 0.15) is 0 Å². The SMILES string of the molecule is CCc1cccc2sc(N(CCN(C)C)C(=O)c3nn(C)cc3C)nc12. The molecule has 0 saturated heterocycles. The van der Waals surface area contributed by atoms with Gasteiger partial charge in [-0.1, -0.05) is 30.4 Å². The lowest BCUT2D eigenvalue weighted by Crippen LogP contribution is -2.37. The molecule has 0 aliphatic carbocycles. The standard InChI is InChI=1S/C19H25N5OS/c1-6-14-8-7-9-15-17(14)20-19(26-15)24(11-10-22(3)4)18(25)16-13(2)12-23(5)21-16/h7-9,12H,6,10-11H2,1-5H3. The minimum atomic E-state index is -0.0953. The van der Waals surface area contributed by atoms with E-state index in [1.807, 2.05) is 34.3 Å². The maximum Gasteiger partial charge on any atom is 0.280 e. The molecule has 26 heavy (non-hydrogen) atoms. The van der Waals surface area contributed by atoms with Gasteiger partial charge in [0.15, 0.2) is 10.8 Å². The van der Waals surface area contributed by atoms with E-state index in [-0.39, 0.29) is 5.91 Å². The summed E-state index contributed by atoms with van der Waals surface area (Å²) in [6.45, 7) is 5.37. The first kappa shape index (κ1) is 18.5. The Hall–Kier alpha value is -2.25. The molecule has 0 radical (unpaired) electrons. The van der Waals surface area contributed by atoms with E-state index in [1.165, 1.54) is 5.56 Å². The van der Waals surface area contributed by atoms with Crippen LogP contribution in [0.2, 0.25) is 0 Å². The molecule has 0 saturated carbocycles. The minimum absolute atomic E-state index is 0.0953. The van der Waals surface area contributed by atoms with Crippen LogP contribution in [-0.2, 0) is 13.5 Å². The average Bonchev–Trinajstić information content (AvgIpc) is 3.16. The quantitative estimate of drug-likeness (QED) is 0.668. The second-order valence-electron chi connectivity index (χ2n) is 6.71. The van der Waals surface area contributed by atoms with Crippen molar-refractivity contribution in [2.24, 2.45) is 7.05 Å². The van der Waals surface area contributed by atoms with Crippen molar-refractivity contribution in [2.45, 2.75) is 20.3 Å². The van der Waals surface area contributed by atoms with Gasteiger partial charge < -0.3 is 4.90 Å². The number of likely N-dealkylation sites (N-methyl/N-ethyl adjacent to an activating group) is 1. The van der Waals surface area contributed by atoms with Crippen LogP contribution in [0.4, 0.5) is 5.13 Å². The van der Waals surface area contributed by atoms with Crippen LogP contribution in [-0.4, -0.2) is 52.8 Å². The summed E-state index contributed by atoms with van der Waals surface area (Å²) in [5.74, 6) is -0.0953. The Kier molecular flexibility index (Phi) is 5.38. The van der Waals surface area contributed by atoms with E-state index < -0.39 is 0 Å². The van der Waals surface area contributed by atoms with E-state index in [1.54, 1.807) is 20.9 Å². The number of amides is 1. The molecular formula is C19H25N5OS. The van der Waals surface area contributed by atoms with Crippen molar-refractivity contribution in [3.63, 3.8) is 0 Å². The number of thiazole rings is 1. The third-order valence-electron chi connectivity index (χ3n) is 4.33. The number of aromatic nitrogens is 3. The van der Waals surface area contributed by atoms with Gasteiger partial charge in [-0.25, -0.2) is 4.98 Å². The third-order valence-corrected chi connectivity index (χ3v) is 5.38. The smallest absolute Gasteiger partial charge is 0.280 e. The monoisotopic (exact) mass is 371 g/mol. The Balaban J connectivity index is 2.03. The third kappa shape index (κ3) is 3.64. The zero-order valence-corrected chi connectivity index (χ0v) is 16.8. The molecule has 2 aromatic heterocycles. The van der Waals surface area contributed by atoms with E-state index in [2.05, 4.69) is 35.1 Å². The number of para-hydroxylation sites is 1. The van der Waals surface area contributed by atoms with Crippen molar-refractivity contribution in [3.8, 4) is 0 Å². The molecule has 0 unspecified atom stereocenters. The zero-order chi connectivity index (χ0) is 18.8. The summed E-state index contributed by atoms with van der Waals surface area (Å²) in [6, 6.07) is 6.22. The molecule has 7 heteroatoms. The number of fused-ring (bicyclic) bond motifs is 1. The van der Waals surface area contributed by atoms with Gasteiger partial charge in [-0.2, -0.15) is 5.10 Å². The van der Waals surface area contributed by atoms with Crippen molar-refractivity contribution in [1.29, 1.82) is 0 Å². The van der Waals surface area contributed by atoms with Crippen LogP contribution in [0.3, 0.4) is 0 Å². The number of anilines is 1. The Morgan fingerprint density at radius 1 is 1.27 bits per heavy atom. The van der Waals surface area contributed by atoms with Crippen LogP contribution in [0.5, 0.6) is 0 Å². The van der Waals surface area contributed by atoms with Crippen molar-refractivity contribution < 1.29 is 4.79 Å². The van der Waals surface area contributed by atoms with E-state index >= 15 is 0 Å². The fourth-order valence-corrected chi connectivity index (χ4v) is 3.96. The summed E-state index contributed by atoms with van der Waals surface area (Å²) in [7, 11) is 5.84. The molecule has 0 bridgehead atoms. The molecule has 1 aromatic carbocycles. The summed E-state index contributed by atoms with van der Waals surface area (Å²) in [4.78, 5) is 21.9. The van der Waals surface area contributed by atoms with Crippen molar-refractivity contribution in [3.05, 3.63) is 41.2 Å². The number of carbonyl (C=O) groups excluding carboxylic acids is 1. The summed E-state index contributed by atoms with van der Waals surface area (Å²) < 4.78 is 2.79. The molecule has 0 fully saturated rings. The van der Waals surface area contributed by atoms with Gasteiger partial charge in [-0.3, -0.25) is 14.4 Å². The predicted octanol–water partition coefficient (Wildman–Crippen LogP) is 3.11. The van der Waals surface area contributed by atoms with Crippen LogP contribution < -0.4 is 4.90 Å². The Labute approximate surface area is 158 Å². The van der Waals surface area contributed by atoms with Crippen molar-refractivity contribution >= 4 is 32.6 Å². The highest BCUT2D eigenvalue weighted by Crippen LogP contribution is 2.31. The lowest BCUT2D eigenvalue weighted by atomic mass is 10.1. The van der Waals surface area contributed by atoms with Gasteiger partial charge in [0, 0.05) is 31.9 Å². The first-order valence-corrected chi connectivity index (χ1v) is 9.57. The maximum absolute atomic E-state index is 13.2. The molecule has 0 aliphatic heterocycles. The summed E-state index contributed by atoms with van der Waals surface area (Å²) in [5.41, 5.74) is 3.57. The first-order valence-electron chi connectivity index (χ1n) is 8.76. The highest BCUT2D eigenvalue weighted by Gasteiger charge is 2.25. The molecule has 1 amide bonds. The van der Waals surface area contributed by atoms with Gasteiger partial charge >= 0.3 is 0 Å². The van der Waals surface area contributed by atoms with Crippen LogP contribution >= 0.6 is 11.3 Å². The predicted molar refractivity (Wildman–Crippen MR) is 107 cm³/mol. The number of aryl methyl sites for hydroxylation is 3. The molecule has 6 nitrogen and oxygen atoms in total. The lowest BCUT2D eigenvalue weighted by Gasteiger charge is -2.21. The van der Waals surface area contributed by atoms with Crippen molar-refractivity contribution in [1.82, 2.24) is 19.7 Å². The second-order valence-corrected chi connectivity index (χ2v) is 7.72. The number of hydrogen-bond acceptors (Lipinski definition) is 5. The molecule has 0 atom stereocenters. The number of carbonyl (C=O) groups is 1. The lowest BCUT2D eigenvalue weighted by molar-refractivity contribution is 0.0979. The Morgan fingerprint density at radius 3 is 2.65 bits per heavy atom. The highest BCUT2D eigenvalue weighted by atomic mass is 32.1. The second kappa shape index (κ2) is 7.55. The number of rotatable bonds is 6. The molecule has 138 valence electrons. The molecule has 2 heterocycles. The minimum Gasteiger partial charge on any atom is -0.308 e. The van der Waals surface area contributed by atoms with Gasteiger partial charge in [-0.05, 0) is 39.1 Å². The molecular weight excluding hydrogens is 346 g/mol. The fourth-order valence-electron chi connectivity index (χ4n) is 2.92. The highest BCUT2D eigenvalue weighted by molar-refractivity contribution is 7.22. The number of benzene rings is 1. The summed E-state index contributed by atoms with van der Waals surface area (Å²) in [6.07, 6.45) is 2.79. The van der Waals surface area contributed by atoms with Crippen LogP contribution in [0, 0.1) is 6.92 Å². The molecule has 0 N–H and O–H groups in total. The van der Waals surface area contributed by atoms with Crippen molar-refractivity contribution in [2.75, 3.05) is 32.1 Å². The zero-order valence-electron chi connectivity index (χ0n) is 16.0. The Bertz CT molecular complexity index is 927. The van der Waals surface area contributed by atoms with Gasteiger partial charge in [-0.15, -0.1) is 0 Å². The number of nitrogens with zero attached hydrogens (tertiary/aromatic N) is 5. The van der Waals surface area contributed by atoms with E-state index in [9.17, 15) is 4.79 Å². The van der Waals surface area contributed by atoms with Gasteiger partial charge in [0.2, 0.25) is 0 Å². The average molecular weight is 372 g/mol. The Morgan fingerprint density at radius 2 is 2.04 bits per heavy atom. The first-order chi connectivity index (χ1) is 12.4. The van der Waals surface area contributed by atoms with E-state index in [0.29, 0.717) is 12.2 Å². The van der Waals surface area contributed by atoms with Crippen LogP contribution in [0.1, 0.15) is 28.5 Å². The largest absolute Gasteiger partial charge is 0.308 e.